The summed E-state index contributed by atoms with van der Waals surface area (Å²) in [7, 11) is 0. The third-order valence-corrected chi connectivity index (χ3v) is 5.17. The first-order valence-corrected chi connectivity index (χ1v) is 8.66. The van der Waals surface area contributed by atoms with Crippen LogP contribution in [0, 0.1) is 12.0 Å². The van der Waals surface area contributed by atoms with Crippen molar-refractivity contribution in [1.82, 2.24) is 24.4 Å². The van der Waals surface area contributed by atoms with Crippen molar-refractivity contribution in [1.29, 1.82) is 0 Å². The number of anilines is 1. The molecule has 0 N–H and O–H groups in total. The van der Waals surface area contributed by atoms with Gasteiger partial charge in [-0.2, -0.15) is 4.98 Å². The average molecular weight is 337 g/mol. The molecule has 2 fully saturated rings. The minimum absolute atomic E-state index is 0.282. The first-order chi connectivity index (χ1) is 12.3. The normalized spacial score (nSPS) is 21.0. The molecule has 1 radical (unpaired) electrons. The van der Waals surface area contributed by atoms with Gasteiger partial charge in [0.15, 0.2) is 5.65 Å². The van der Waals surface area contributed by atoms with Gasteiger partial charge >= 0.3 is 0 Å². The van der Waals surface area contributed by atoms with E-state index in [9.17, 15) is 4.39 Å². The SMILES string of the molecule is Fc1cccc(-n2cnc3[c]nc(N4CCN5CCCC5C4)nc32)c1. The van der Waals surface area contributed by atoms with Crippen LogP contribution in [0.15, 0.2) is 30.6 Å². The van der Waals surface area contributed by atoms with Crippen molar-refractivity contribution < 1.29 is 4.39 Å². The second-order valence-corrected chi connectivity index (χ2v) is 6.68. The number of rotatable bonds is 2. The summed E-state index contributed by atoms with van der Waals surface area (Å²) in [4.78, 5) is 18.2. The van der Waals surface area contributed by atoms with Crippen molar-refractivity contribution in [3.63, 3.8) is 0 Å². The number of nitrogens with zero attached hydrogens (tertiary/aromatic N) is 6. The molecule has 7 heteroatoms. The Labute approximate surface area is 144 Å². The first-order valence-electron chi connectivity index (χ1n) is 8.66. The van der Waals surface area contributed by atoms with Crippen LogP contribution in [0.4, 0.5) is 10.3 Å². The van der Waals surface area contributed by atoms with E-state index in [4.69, 9.17) is 4.98 Å². The topological polar surface area (TPSA) is 50.1 Å². The van der Waals surface area contributed by atoms with E-state index in [1.54, 1.807) is 17.0 Å². The molecule has 2 aliphatic rings. The van der Waals surface area contributed by atoms with Crippen molar-refractivity contribution >= 4 is 17.1 Å². The fourth-order valence-corrected chi connectivity index (χ4v) is 3.88. The van der Waals surface area contributed by atoms with Gasteiger partial charge in [-0.05, 0) is 37.6 Å². The number of fused-ring (bicyclic) bond motifs is 2. The summed E-state index contributed by atoms with van der Waals surface area (Å²) >= 11 is 0. The number of benzene rings is 1. The second-order valence-electron chi connectivity index (χ2n) is 6.68. The Morgan fingerprint density at radius 3 is 3.08 bits per heavy atom. The average Bonchev–Trinajstić information content (AvgIpc) is 3.27. The number of halogens is 1. The molecule has 3 aromatic rings. The summed E-state index contributed by atoms with van der Waals surface area (Å²) in [6, 6.07) is 7.02. The smallest absolute Gasteiger partial charge is 0.228 e. The lowest BCUT2D eigenvalue weighted by Gasteiger charge is -2.37. The van der Waals surface area contributed by atoms with Gasteiger partial charge in [0, 0.05) is 25.7 Å². The Morgan fingerprint density at radius 2 is 2.16 bits per heavy atom. The Balaban J connectivity index is 1.52. The second kappa shape index (κ2) is 5.77. The van der Waals surface area contributed by atoms with Crippen molar-refractivity contribution in [3.8, 4) is 5.69 Å². The van der Waals surface area contributed by atoms with Crippen LogP contribution in [0.2, 0.25) is 0 Å². The molecule has 2 aliphatic heterocycles. The highest BCUT2D eigenvalue weighted by molar-refractivity contribution is 5.72. The highest BCUT2D eigenvalue weighted by Gasteiger charge is 2.31. The predicted molar refractivity (Wildman–Crippen MR) is 92.3 cm³/mol. The Hall–Kier alpha value is -2.54. The molecule has 1 aromatic carbocycles. The number of piperazine rings is 1. The maximum Gasteiger partial charge on any atom is 0.228 e. The Bertz CT molecular complexity index is 923. The van der Waals surface area contributed by atoms with Crippen LogP contribution in [0.5, 0.6) is 0 Å². The lowest BCUT2D eigenvalue weighted by Crippen LogP contribution is -2.50. The van der Waals surface area contributed by atoms with Crippen LogP contribution >= 0.6 is 0 Å². The largest absolute Gasteiger partial charge is 0.338 e. The number of imidazole rings is 1. The zero-order valence-corrected chi connectivity index (χ0v) is 13.8. The van der Waals surface area contributed by atoms with Gasteiger partial charge in [-0.25, -0.2) is 14.4 Å². The summed E-state index contributed by atoms with van der Waals surface area (Å²) in [5, 5.41) is 0. The minimum atomic E-state index is -0.282. The Morgan fingerprint density at radius 1 is 1.20 bits per heavy atom. The summed E-state index contributed by atoms with van der Waals surface area (Å²) in [6.07, 6.45) is 7.14. The third kappa shape index (κ3) is 2.55. The van der Waals surface area contributed by atoms with Gasteiger partial charge < -0.3 is 4.90 Å². The van der Waals surface area contributed by atoms with Crippen LogP contribution in [0.1, 0.15) is 12.8 Å². The highest BCUT2D eigenvalue weighted by atomic mass is 19.1. The first kappa shape index (κ1) is 14.8. The zero-order chi connectivity index (χ0) is 16.8. The molecule has 127 valence electrons. The molecule has 1 unspecified atom stereocenters. The highest BCUT2D eigenvalue weighted by Crippen LogP contribution is 2.25. The van der Waals surface area contributed by atoms with Gasteiger partial charge in [0.2, 0.25) is 5.95 Å². The summed E-state index contributed by atoms with van der Waals surface area (Å²) < 4.78 is 15.4. The molecule has 2 aromatic heterocycles. The standard InChI is InChI=1S/C18H18FN6/c19-13-3-1-4-14(9-13)25-12-21-16-10-20-18(22-17(16)25)24-8-7-23-6-2-5-15(23)11-24/h1,3-4,9,12,15H,2,5-8,11H2. The van der Waals surface area contributed by atoms with Gasteiger partial charge in [-0.15, -0.1) is 0 Å². The van der Waals surface area contributed by atoms with Gasteiger partial charge in [-0.3, -0.25) is 9.47 Å². The summed E-state index contributed by atoms with van der Waals surface area (Å²) in [5.41, 5.74) is 1.94. The van der Waals surface area contributed by atoms with E-state index in [1.165, 1.54) is 31.5 Å². The van der Waals surface area contributed by atoms with Gasteiger partial charge in [0.1, 0.15) is 23.9 Å². The molecule has 4 heterocycles. The molecule has 1 atom stereocenters. The zero-order valence-electron chi connectivity index (χ0n) is 13.8. The quantitative estimate of drug-likeness (QED) is 0.716. The van der Waals surface area contributed by atoms with Crippen LogP contribution in [0.3, 0.4) is 0 Å². The molecule has 5 rings (SSSR count). The summed E-state index contributed by atoms with van der Waals surface area (Å²) in [5.74, 6) is 0.396. The molecule has 0 spiro atoms. The lowest BCUT2D eigenvalue weighted by atomic mass is 10.2. The molecule has 0 saturated carbocycles. The van der Waals surface area contributed by atoms with Crippen LogP contribution < -0.4 is 4.90 Å². The molecular formula is C18H18FN6. The number of hydrogen-bond donors (Lipinski definition) is 0. The van der Waals surface area contributed by atoms with E-state index in [1.807, 2.05) is 6.07 Å². The van der Waals surface area contributed by atoms with E-state index < -0.39 is 0 Å². The van der Waals surface area contributed by atoms with Crippen molar-refractivity contribution in [2.24, 2.45) is 0 Å². The minimum Gasteiger partial charge on any atom is -0.338 e. The predicted octanol–water partition coefficient (Wildman–Crippen LogP) is 2.04. The van der Waals surface area contributed by atoms with Crippen molar-refractivity contribution in [2.75, 3.05) is 31.1 Å². The molecule has 6 nitrogen and oxygen atoms in total. The van der Waals surface area contributed by atoms with Crippen molar-refractivity contribution in [3.05, 3.63) is 42.6 Å². The molecule has 2 saturated heterocycles. The molecule has 0 bridgehead atoms. The van der Waals surface area contributed by atoms with Gasteiger partial charge in [-0.1, -0.05) is 6.07 Å². The van der Waals surface area contributed by atoms with E-state index >= 15 is 0 Å². The number of hydrogen-bond acceptors (Lipinski definition) is 5. The number of aromatic nitrogens is 4. The maximum atomic E-state index is 13.6. The van der Waals surface area contributed by atoms with E-state index in [2.05, 4.69) is 26.0 Å². The molecular weight excluding hydrogens is 319 g/mol. The summed E-state index contributed by atoms with van der Waals surface area (Å²) in [6.45, 7) is 4.13. The third-order valence-electron chi connectivity index (χ3n) is 5.17. The molecule has 0 amide bonds. The molecule has 25 heavy (non-hydrogen) atoms. The van der Waals surface area contributed by atoms with E-state index in [0.717, 1.165) is 19.6 Å². The van der Waals surface area contributed by atoms with E-state index in [-0.39, 0.29) is 5.82 Å². The van der Waals surface area contributed by atoms with Crippen LogP contribution in [-0.4, -0.2) is 56.6 Å². The fourth-order valence-electron chi connectivity index (χ4n) is 3.88. The monoisotopic (exact) mass is 337 g/mol. The lowest BCUT2D eigenvalue weighted by molar-refractivity contribution is 0.229. The van der Waals surface area contributed by atoms with Gasteiger partial charge in [0.05, 0.1) is 5.69 Å². The van der Waals surface area contributed by atoms with Gasteiger partial charge in [0.25, 0.3) is 0 Å². The van der Waals surface area contributed by atoms with E-state index in [0.29, 0.717) is 28.8 Å². The maximum absolute atomic E-state index is 13.6. The van der Waals surface area contributed by atoms with Crippen LogP contribution in [0.25, 0.3) is 16.9 Å². The molecule has 0 aliphatic carbocycles. The van der Waals surface area contributed by atoms with Crippen molar-refractivity contribution in [2.45, 2.75) is 18.9 Å². The Kier molecular flexibility index (Phi) is 3.41. The van der Waals surface area contributed by atoms with Crippen LogP contribution in [-0.2, 0) is 0 Å². The fraction of sp³-hybridized carbons (Fsp3) is 0.389.